The Labute approximate surface area is 155 Å². The highest BCUT2D eigenvalue weighted by Crippen LogP contribution is 2.29. The van der Waals surface area contributed by atoms with Gasteiger partial charge < -0.3 is 9.47 Å². The van der Waals surface area contributed by atoms with E-state index in [0.29, 0.717) is 18.4 Å². The minimum absolute atomic E-state index is 0.401. The Kier molecular flexibility index (Phi) is 5.50. The average molecular weight is 352 g/mol. The molecular formula is C22H28N2O2. The third-order valence-corrected chi connectivity index (χ3v) is 4.85. The maximum Gasteiger partial charge on any atom is 0.123 e. The Balaban J connectivity index is 1.68. The maximum atomic E-state index is 6.05. The van der Waals surface area contributed by atoms with Gasteiger partial charge in [-0.25, -0.2) is 0 Å². The molecule has 1 unspecified atom stereocenters. The van der Waals surface area contributed by atoms with Gasteiger partial charge in [0.25, 0.3) is 0 Å². The van der Waals surface area contributed by atoms with Crippen molar-refractivity contribution in [3.8, 4) is 11.5 Å². The average Bonchev–Trinajstić information content (AvgIpc) is 3.01. The van der Waals surface area contributed by atoms with Gasteiger partial charge in [-0.1, -0.05) is 32.9 Å². The second kappa shape index (κ2) is 7.81. The van der Waals surface area contributed by atoms with Crippen molar-refractivity contribution < 1.29 is 9.47 Å². The summed E-state index contributed by atoms with van der Waals surface area (Å²) in [5.74, 6) is 2.56. The molecule has 0 aliphatic carbocycles. The van der Waals surface area contributed by atoms with Crippen molar-refractivity contribution in [1.29, 1.82) is 0 Å². The van der Waals surface area contributed by atoms with E-state index in [1.807, 2.05) is 17.8 Å². The van der Waals surface area contributed by atoms with Crippen LogP contribution < -0.4 is 9.47 Å². The normalized spacial score (nSPS) is 12.5. The molecule has 2 aromatic carbocycles. The van der Waals surface area contributed by atoms with Crippen LogP contribution in [-0.2, 0) is 7.05 Å². The first kappa shape index (κ1) is 18.3. The van der Waals surface area contributed by atoms with Crippen molar-refractivity contribution in [2.24, 2.45) is 7.05 Å². The van der Waals surface area contributed by atoms with Crippen molar-refractivity contribution >= 4 is 10.9 Å². The number of rotatable bonds is 7. The number of benzene rings is 2. The van der Waals surface area contributed by atoms with Gasteiger partial charge in [0.2, 0.25) is 0 Å². The number of methoxy groups -OCH3 is 1. The quantitative estimate of drug-likeness (QED) is 0.580. The molecular weight excluding hydrogens is 324 g/mol. The summed E-state index contributed by atoms with van der Waals surface area (Å²) < 4.78 is 13.3. The SMILES string of the molecule is COc1cc(OCCC(C)c2cccc3nn(C)cc23)cc(C(C)C)c1. The summed E-state index contributed by atoms with van der Waals surface area (Å²) in [4.78, 5) is 0. The lowest BCUT2D eigenvalue weighted by Crippen LogP contribution is -2.04. The van der Waals surface area contributed by atoms with Crippen LogP contribution in [0.25, 0.3) is 10.9 Å². The van der Waals surface area contributed by atoms with E-state index in [2.05, 4.69) is 62.4 Å². The number of hydrogen-bond donors (Lipinski definition) is 0. The topological polar surface area (TPSA) is 36.3 Å². The minimum Gasteiger partial charge on any atom is -0.497 e. The molecule has 1 heterocycles. The van der Waals surface area contributed by atoms with Gasteiger partial charge in [0.1, 0.15) is 11.5 Å². The molecule has 0 radical (unpaired) electrons. The fraction of sp³-hybridized carbons (Fsp3) is 0.409. The molecule has 0 aliphatic rings. The van der Waals surface area contributed by atoms with E-state index in [0.717, 1.165) is 23.4 Å². The van der Waals surface area contributed by atoms with Gasteiger partial charge in [-0.15, -0.1) is 0 Å². The fourth-order valence-electron chi connectivity index (χ4n) is 3.25. The van der Waals surface area contributed by atoms with Crippen molar-refractivity contribution in [1.82, 2.24) is 9.78 Å². The molecule has 3 rings (SSSR count). The molecule has 4 nitrogen and oxygen atoms in total. The van der Waals surface area contributed by atoms with E-state index in [1.165, 1.54) is 16.5 Å². The summed E-state index contributed by atoms with van der Waals surface area (Å²) >= 11 is 0. The molecule has 1 atom stereocenters. The van der Waals surface area contributed by atoms with E-state index in [-0.39, 0.29) is 0 Å². The largest absolute Gasteiger partial charge is 0.497 e. The van der Waals surface area contributed by atoms with Crippen LogP contribution in [0.15, 0.2) is 42.6 Å². The van der Waals surface area contributed by atoms with Crippen LogP contribution in [-0.4, -0.2) is 23.5 Å². The van der Waals surface area contributed by atoms with Crippen LogP contribution in [0.1, 0.15) is 50.2 Å². The van der Waals surface area contributed by atoms with Crippen LogP contribution in [0.4, 0.5) is 0 Å². The van der Waals surface area contributed by atoms with Gasteiger partial charge in [-0.3, -0.25) is 4.68 Å². The predicted molar refractivity (Wildman–Crippen MR) is 106 cm³/mol. The zero-order chi connectivity index (χ0) is 18.7. The van der Waals surface area contributed by atoms with Crippen LogP contribution in [0.5, 0.6) is 11.5 Å². The first-order valence-corrected chi connectivity index (χ1v) is 9.22. The molecule has 0 amide bonds. The lowest BCUT2D eigenvalue weighted by Gasteiger charge is -2.15. The Morgan fingerprint density at radius 1 is 1.08 bits per heavy atom. The smallest absolute Gasteiger partial charge is 0.123 e. The Morgan fingerprint density at radius 3 is 2.58 bits per heavy atom. The van der Waals surface area contributed by atoms with Gasteiger partial charge in [0.05, 0.1) is 19.2 Å². The second-order valence-electron chi connectivity index (χ2n) is 7.22. The summed E-state index contributed by atoms with van der Waals surface area (Å²) in [6, 6.07) is 12.5. The Bertz CT molecular complexity index is 883. The molecule has 0 saturated carbocycles. The highest BCUT2D eigenvalue weighted by molar-refractivity contribution is 5.82. The molecule has 1 aromatic heterocycles. The number of aromatic nitrogens is 2. The monoisotopic (exact) mass is 352 g/mol. The maximum absolute atomic E-state index is 6.05. The predicted octanol–water partition coefficient (Wildman–Crippen LogP) is 5.28. The molecule has 0 bridgehead atoms. The van der Waals surface area contributed by atoms with Crippen molar-refractivity contribution in [2.75, 3.05) is 13.7 Å². The highest BCUT2D eigenvalue weighted by atomic mass is 16.5. The Hall–Kier alpha value is -2.49. The first-order valence-electron chi connectivity index (χ1n) is 9.22. The van der Waals surface area contributed by atoms with E-state index < -0.39 is 0 Å². The summed E-state index contributed by atoms with van der Waals surface area (Å²) in [5, 5.41) is 5.73. The third-order valence-electron chi connectivity index (χ3n) is 4.85. The van der Waals surface area contributed by atoms with Crippen LogP contribution in [0.3, 0.4) is 0 Å². The van der Waals surface area contributed by atoms with Crippen LogP contribution in [0, 0.1) is 0 Å². The molecule has 0 fully saturated rings. The summed E-state index contributed by atoms with van der Waals surface area (Å²) in [6.07, 6.45) is 3.04. The molecule has 4 heteroatoms. The minimum atomic E-state index is 0.401. The second-order valence-corrected chi connectivity index (χ2v) is 7.22. The lowest BCUT2D eigenvalue weighted by molar-refractivity contribution is 0.298. The van der Waals surface area contributed by atoms with Gasteiger partial charge in [0.15, 0.2) is 0 Å². The van der Waals surface area contributed by atoms with Crippen LogP contribution in [0.2, 0.25) is 0 Å². The number of fused-ring (bicyclic) bond motifs is 1. The molecule has 0 N–H and O–H groups in total. The van der Waals surface area contributed by atoms with Gasteiger partial charge >= 0.3 is 0 Å². The van der Waals surface area contributed by atoms with E-state index in [4.69, 9.17) is 9.47 Å². The summed E-state index contributed by atoms with van der Waals surface area (Å²) in [6.45, 7) is 7.27. The van der Waals surface area contributed by atoms with E-state index >= 15 is 0 Å². The van der Waals surface area contributed by atoms with E-state index in [9.17, 15) is 0 Å². The molecule has 0 spiro atoms. The first-order chi connectivity index (χ1) is 12.5. The van der Waals surface area contributed by atoms with Crippen LogP contribution >= 0.6 is 0 Å². The molecule has 26 heavy (non-hydrogen) atoms. The molecule has 0 aliphatic heterocycles. The number of nitrogens with zero attached hydrogens (tertiary/aromatic N) is 2. The lowest BCUT2D eigenvalue weighted by atomic mass is 9.95. The van der Waals surface area contributed by atoms with E-state index in [1.54, 1.807) is 7.11 Å². The standard InChI is InChI=1S/C22H28N2O2/c1-15(2)17-11-18(25-5)13-19(12-17)26-10-9-16(3)20-7-6-8-22-21(20)14-24(4)23-22/h6-8,11-16H,9-10H2,1-5H3. The van der Waals surface area contributed by atoms with Gasteiger partial charge in [0, 0.05) is 24.7 Å². The van der Waals surface area contributed by atoms with Gasteiger partial charge in [-0.05, 0) is 47.6 Å². The van der Waals surface area contributed by atoms with Crippen molar-refractivity contribution in [2.45, 2.75) is 39.0 Å². The zero-order valence-corrected chi connectivity index (χ0v) is 16.3. The molecule has 3 aromatic rings. The molecule has 0 saturated heterocycles. The van der Waals surface area contributed by atoms with Gasteiger partial charge in [-0.2, -0.15) is 5.10 Å². The highest BCUT2D eigenvalue weighted by Gasteiger charge is 2.12. The molecule has 138 valence electrons. The number of ether oxygens (including phenoxy) is 2. The van der Waals surface area contributed by atoms with Crippen molar-refractivity contribution in [3.63, 3.8) is 0 Å². The number of hydrogen-bond acceptors (Lipinski definition) is 3. The van der Waals surface area contributed by atoms with Crippen molar-refractivity contribution in [3.05, 3.63) is 53.7 Å². The third kappa shape index (κ3) is 4.01. The number of aryl methyl sites for hydroxylation is 1. The summed E-state index contributed by atoms with van der Waals surface area (Å²) in [7, 11) is 3.66. The zero-order valence-electron chi connectivity index (χ0n) is 16.3. The summed E-state index contributed by atoms with van der Waals surface area (Å²) in [5.41, 5.74) is 3.60. The fourth-order valence-corrected chi connectivity index (χ4v) is 3.25. The Morgan fingerprint density at radius 2 is 1.85 bits per heavy atom.